The lowest BCUT2D eigenvalue weighted by molar-refractivity contribution is -0.113. The van der Waals surface area contributed by atoms with Crippen molar-refractivity contribution in [3.8, 4) is 5.75 Å². The standard InChI is InChI=1S/C17H16BrNO2/c1-12-4-2-3-5-14(12)11-21-16-8-6-13(10-15(16)18)7-9-17(19)20/h2-10H,11H2,1H3,(H2,19,20)/b9-7+. The van der Waals surface area contributed by atoms with E-state index in [0.717, 1.165) is 21.3 Å². The molecule has 0 radical (unpaired) electrons. The van der Waals surface area contributed by atoms with Crippen LogP contribution in [-0.2, 0) is 11.4 Å². The molecule has 0 aliphatic heterocycles. The first-order chi connectivity index (χ1) is 10.1. The number of carbonyl (C=O) groups is 1. The van der Waals surface area contributed by atoms with Gasteiger partial charge in [0, 0.05) is 6.08 Å². The molecule has 2 aromatic carbocycles. The lowest BCUT2D eigenvalue weighted by Gasteiger charge is -2.10. The molecule has 3 nitrogen and oxygen atoms in total. The number of halogens is 1. The van der Waals surface area contributed by atoms with Gasteiger partial charge < -0.3 is 10.5 Å². The molecule has 0 fully saturated rings. The van der Waals surface area contributed by atoms with E-state index < -0.39 is 5.91 Å². The van der Waals surface area contributed by atoms with Crippen LogP contribution in [0.25, 0.3) is 6.08 Å². The van der Waals surface area contributed by atoms with E-state index >= 15 is 0 Å². The first-order valence-electron chi connectivity index (χ1n) is 6.50. The second-order valence-electron chi connectivity index (χ2n) is 4.64. The summed E-state index contributed by atoms with van der Waals surface area (Å²) in [5, 5.41) is 0. The molecule has 4 heteroatoms. The summed E-state index contributed by atoms with van der Waals surface area (Å²) in [6.07, 6.45) is 2.99. The van der Waals surface area contributed by atoms with E-state index in [1.807, 2.05) is 36.4 Å². The van der Waals surface area contributed by atoms with E-state index in [1.165, 1.54) is 11.6 Å². The van der Waals surface area contributed by atoms with Crippen molar-refractivity contribution in [1.29, 1.82) is 0 Å². The van der Waals surface area contributed by atoms with Crippen LogP contribution in [0.1, 0.15) is 16.7 Å². The highest BCUT2D eigenvalue weighted by Crippen LogP contribution is 2.27. The van der Waals surface area contributed by atoms with E-state index in [9.17, 15) is 4.79 Å². The van der Waals surface area contributed by atoms with Gasteiger partial charge in [0.05, 0.1) is 4.47 Å². The predicted molar refractivity (Wildman–Crippen MR) is 87.9 cm³/mol. The number of hydrogen-bond acceptors (Lipinski definition) is 2. The Morgan fingerprint density at radius 2 is 2.05 bits per heavy atom. The van der Waals surface area contributed by atoms with E-state index in [1.54, 1.807) is 6.08 Å². The number of benzene rings is 2. The molecule has 0 aliphatic carbocycles. The molecule has 0 spiro atoms. The number of aryl methyl sites for hydroxylation is 1. The second kappa shape index (κ2) is 7.09. The summed E-state index contributed by atoms with van der Waals surface area (Å²) in [6, 6.07) is 13.7. The Hall–Kier alpha value is -2.07. The minimum atomic E-state index is -0.467. The summed E-state index contributed by atoms with van der Waals surface area (Å²) in [5.74, 6) is 0.292. The van der Waals surface area contributed by atoms with Gasteiger partial charge in [0.25, 0.3) is 0 Å². The quantitative estimate of drug-likeness (QED) is 0.837. The molecule has 0 atom stereocenters. The Morgan fingerprint density at radius 1 is 1.29 bits per heavy atom. The van der Waals surface area contributed by atoms with Crippen molar-refractivity contribution in [2.45, 2.75) is 13.5 Å². The molecule has 1 amide bonds. The van der Waals surface area contributed by atoms with Crippen LogP contribution in [0.4, 0.5) is 0 Å². The maximum Gasteiger partial charge on any atom is 0.241 e. The third kappa shape index (κ3) is 4.46. The van der Waals surface area contributed by atoms with Crippen molar-refractivity contribution in [2.24, 2.45) is 5.73 Å². The van der Waals surface area contributed by atoms with Gasteiger partial charge in [-0.25, -0.2) is 0 Å². The zero-order chi connectivity index (χ0) is 15.2. The maximum absolute atomic E-state index is 10.7. The summed E-state index contributed by atoms with van der Waals surface area (Å²) >= 11 is 3.47. The van der Waals surface area contributed by atoms with Crippen LogP contribution in [0, 0.1) is 6.92 Å². The number of hydrogen-bond donors (Lipinski definition) is 1. The van der Waals surface area contributed by atoms with E-state index in [-0.39, 0.29) is 0 Å². The van der Waals surface area contributed by atoms with Crippen molar-refractivity contribution in [3.05, 3.63) is 69.7 Å². The summed E-state index contributed by atoms with van der Waals surface area (Å²) in [5.41, 5.74) is 8.31. The number of primary amides is 1. The van der Waals surface area contributed by atoms with Gasteiger partial charge in [0.2, 0.25) is 5.91 Å². The molecule has 0 unspecified atom stereocenters. The summed E-state index contributed by atoms with van der Waals surface area (Å²) in [4.78, 5) is 10.7. The zero-order valence-electron chi connectivity index (χ0n) is 11.7. The highest BCUT2D eigenvalue weighted by atomic mass is 79.9. The third-order valence-corrected chi connectivity index (χ3v) is 3.66. The first-order valence-corrected chi connectivity index (χ1v) is 7.30. The van der Waals surface area contributed by atoms with Gasteiger partial charge in [-0.15, -0.1) is 0 Å². The summed E-state index contributed by atoms with van der Waals surface area (Å²) < 4.78 is 6.66. The molecule has 108 valence electrons. The largest absolute Gasteiger partial charge is 0.488 e. The SMILES string of the molecule is Cc1ccccc1COc1ccc(/C=C/C(N)=O)cc1Br. The Bertz CT molecular complexity index is 680. The van der Waals surface area contributed by atoms with Gasteiger partial charge in [-0.2, -0.15) is 0 Å². The van der Waals surface area contributed by atoms with Crippen LogP contribution in [0.15, 0.2) is 53.0 Å². The van der Waals surface area contributed by atoms with Crippen LogP contribution >= 0.6 is 15.9 Å². The fraction of sp³-hybridized carbons (Fsp3) is 0.118. The topological polar surface area (TPSA) is 52.3 Å². The van der Waals surface area contributed by atoms with Gasteiger partial charge in [0.1, 0.15) is 12.4 Å². The smallest absolute Gasteiger partial charge is 0.241 e. The molecule has 0 aromatic heterocycles. The van der Waals surface area contributed by atoms with E-state index in [2.05, 4.69) is 28.9 Å². The molecule has 0 bridgehead atoms. The van der Waals surface area contributed by atoms with Crippen LogP contribution in [0.3, 0.4) is 0 Å². The maximum atomic E-state index is 10.7. The number of rotatable bonds is 5. The van der Waals surface area contributed by atoms with Gasteiger partial charge in [0.15, 0.2) is 0 Å². The lowest BCUT2D eigenvalue weighted by atomic mass is 10.1. The Balaban J connectivity index is 2.08. The molecular formula is C17H16BrNO2. The number of carbonyl (C=O) groups excluding carboxylic acids is 1. The predicted octanol–water partition coefficient (Wildman–Crippen LogP) is 3.84. The van der Waals surface area contributed by atoms with Crippen molar-refractivity contribution in [3.63, 3.8) is 0 Å². The molecule has 2 rings (SSSR count). The van der Waals surface area contributed by atoms with Crippen LogP contribution in [0.5, 0.6) is 5.75 Å². The van der Waals surface area contributed by atoms with Gasteiger partial charge >= 0.3 is 0 Å². The van der Waals surface area contributed by atoms with Gasteiger partial charge in [-0.05, 0) is 57.8 Å². The van der Waals surface area contributed by atoms with E-state index in [4.69, 9.17) is 10.5 Å². The average molecular weight is 346 g/mol. The van der Waals surface area contributed by atoms with Gasteiger partial charge in [-0.1, -0.05) is 30.3 Å². The van der Waals surface area contributed by atoms with Crippen molar-refractivity contribution < 1.29 is 9.53 Å². The van der Waals surface area contributed by atoms with Crippen molar-refractivity contribution in [2.75, 3.05) is 0 Å². The van der Waals surface area contributed by atoms with Crippen LogP contribution in [0.2, 0.25) is 0 Å². The van der Waals surface area contributed by atoms with Gasteiger partial charge in [-0.3, -0.25) is 4.79 Å². The Morgan fingerprint density at radius 3 is 2.71 bits per heavy atom. The number of ether oxygens (including phenoxy) is 1. The molecule has 0 aliphatic rings. The second-order valence-corrected chi connectivity index (χ2v) is 5.50. The molecule has 0 saturated heterocycles. The Kier molecular flexibility index (Phi) is 5.17. The highest BCUT2D eigenvalue weighted by molar-refractivity contribution is 9.10. The minimum Gasteiger partial charge on any atom is -0.488 e. The van der Waals surface area contributed by atoms with E-state index in [0.29, 0.717) is 6.61 Å². The fourth-order valence-electron chi connectivity index (χ4n) is 1.84. The molecule has 2 aromatic rings. The summed E-state index contributed by atoms with van der Waals surface area (Å²) in [6.45, 7) is 2.58. The van der Waals surface area contributed by atoms with Crippen molar-refractivity contribution in [1.82, 2.24) is 0 Å². The van der Waals surface area contributed by atoms with Crippen LogP contribution in [-0.4, -0.2) is 5.91 Å². The Labute approximate surface area is 132 Å². The molecule has 21 heavy (non-hydrogen) atoms. The normalized spacial score (nSPS) is 10.8. The fourth-order valence-corrected chi connectivity index (χ4v) is 2.35. The molecular weight excluding hydrogens is 330 g/mol. The summed E-state index contributed by atoms with van der Waals surface area (Å²) in [7, 11) is 0. The lowest BCUT2D eigenvalue weighted by Crippen LogP contribution is -2.05. The molecule has 0 saturated carbocycles. The zero-order valence-corrected chi connectivity index (χ0v) is 13.3. The number of amides is 1. The van der Waals surface area contributed by atoms with Crippen molar-refractivity contribution >= 4 is 27.9 Å². The average Bonchev–Trinajstić information content (AvgIpc) is 2.45. The first kappa shape index (κ1) is 15.3. The third-order valence-electron chi connectivity index (χ3n) is 3.04. The molecule has 0 heterocycles. The van der Waals surface area contributed by atoms with Crippen LogP contribution < -0.4 is 10.5 Å². The minimum absolute atomic E-state index is 0.467. The number of nitrogens with two attached hydrogens (primary N) is 1. The molecule has 2 N–H and O–H groups in total. The monoisotopic (exact) mass is 345 g/mol. The highest BCUT2D eigenvalue weighted by Gasteiger charge is 2.03.